The molecule has 21 nitrogen and oxygen atoms in total. The lowest BCUT2D eigenvalue weighted by molar-refractivity contribution is -0.147. The number of halogens is 2. The summed E-state index contributed by atoms with van der Waals surface area (Å²) in [6.45, 7) is 15.2. The van der Waals surface area contributed by atoms with Gasteiger partial charge in [0.05, 0.1) is 45.6 Å². The Morgan fingerprint density at radius 1 is 0.784 bits per heavy atom. The third-order valence-electron chi connectivity index (χ3n) is 15.2. The molecule has 0 spiro atoms. The Labute approximate surface area is 512 Å². The fraction of sp³-hybridized carbons (Fsp3) is 0.462. The molecule has 2 aromatic heterocycles. The number of hydrogen-bond acceptors (Lipinski definition) is 15. The number of carbonyl (C=O) groups is 5. The van der Waals surface area contributed by atoms with E-state index in [1.807, 2.05) is 61.7 Å². The number of fused-ring (bicyclic) bond motifs is 2. The van der Waals surface area contributed by atoms with E-state index in [0.29, 0.717) is 80.3 Å². The Hall–Kier alpha value is -8.41. The molecule has 8 rings (SSSR count). The van der Waals surface area contributed by atoms with E-state index in [1.54, 1.807) is 69.1 Å². The van der Waals surface area contributed by atoms with E-state index in [-0.39, 0.29) is 56.8 Å². The second-order valence-corrected chi connectivity index (χ2v) is 23.9. The van der Waals surface area contributed by atoms with Crippen molar-refractivity contribution in [1.29, 1.82) is 0 Å². The maximum atomic E-state index is 15.0. The zero-order valence-corrected chi connectivity index (χ0v) is 51.4. The summed E-state index contributed by atoms with van der Waals surface area (Å²) in [5.74, 6) is -1.49. The number of benzene rings is 4. The van der Waals surface area contributed by atoms with Gasteiger partial charge in [0, 0.05) is 62.7 Å². The maximum absolute atomic E-state index is 15.0. The Morgan fingerprint density at radius 3 is 2.22 bits per heavy atom. The van der Waals surface area contributed by atoms with Gasteiger partial charge in [0.1, 0.15) is 59.7 Å². The minimum atomic E-state index is -1.07. The van der Waals surface area contributed by atoms with Gasteiger partial charge in [-0.15, -0.1) is 10.2 Å². The molecule has 0 saturated carbocycles. The Kier molecular flexibility index (Phi) is 22.7. The molecule has 0 saturated heterocycles. The third-order valence-corrected chi connectivity index (χ3v) is 15.2. The first-order valence-corrected chi connectivity index (χ1v) is 29.8. The number of anilines is 1. The normalized spacial score (nSPS) is 15.5. The van der Waals surface area contributed by atoms with Crippen LogP contribution in [-0.2, 0) is 72.4 Å². The molecule has 470 valence electrons. The Balaban J connectivity index is 0.788. The number of rotatable bonds is 27. The highest BCUT2D eigenvalue weighted by Gasteiger charge is 2.44. The van der Waals surface area contributed by atoms with Crippen LogP contribution in [0.2, 0.25) is 0 Å². The van der Waals surface area contributed by atoms with Gasteiger partial charge in [0.2, 0.25) is 17.7 Å². The zero-order valence-electron chi connectivity index (χ0n) is 51.4. The fourth-order valence-corrected chi connectivity index (χ4v) is 10.4. The van der Waals surface area contributed by atoms with Crippen molar-refractivity contribution in [2.75, 3.05) is 58.6 Å². The number of aromatic nitrogens is 5. The lowest BCUT2D eigenvalue weighted by atomic mass is 9.83. The van der Waals surface area contributed by atoms with Crippen LogP contribution in [0.1, 0.15) is 118 Å². The number of hydrogen-bond donors (Lipinski definition) is 4. The molecule has 5 amide bonds. The number of amides is 5. The topological polar surface area (TPSA) is 243 Å². The summed E-state index contributed by atoms with van der Waals surface area (Å²) in [7, 11) is 1.48. The van der Waals surface area contributed by atoms with Crippen molar-refractivity contribution in [2.45, 2.75) is 137 Å². The number of nitrogens with zero attached hydrogens (tertiary/aromatic N) is 7. The molecule has 6 aromatic rings. The van der Waals surface area contributed by atoms with Gasteiger partial charge in [-0.3, -0.25) is 24.1 Å². The summed E-state index contributed by atoms with van der Waals surface area (Å²) in [5.41, 5.74) is 3.69. The predicted octanol–water partition coefficient (Wildman–Crippen LogP) is 8.31. The van der Waals surface area contributed by atoms with Crippen molar-refractivity contribution in [3.8, 4) is 17.3 Å². The van der Waals surface area contributed by atoms with Crippen LogP contribution in [0.3, 0.4) is 0 Å². The van der Waals surface area contributed by atoms with Gasteiger partial charge < -0.3 is 54.4 Å². The van der Waals surface area contributed by atoms with Gasteiger partial charge in [-0.1, -0.05) is 63.2 Å². The second kappa shape index (κ2) is 30.5. The number of ether oxygens (including phenoxy) is 5. The summed E-state index contributed by atoms with van der Waals surface area (Å²) >= 11 is 0. The van der Waals surface area contributed by atoms with Crippen LogP contribution in [0.4, 0.5) is 19.3 Å². The van der Waals surface area contributed by atoms with E-state index in [9.17, 15) is 28.0 Å². The Bertz CT molecular complexity index is 3340. The smallest absolute Gasteiger partial charge is 0.410 e. The molecule has 0 fully saturated rings. The van der Waals surface area contributed by atoms with Gasteiger partial charge >= 0.3 is 6.09 Å². The van der Waals surface area contributed by atoms with Gasteiger partial charge in [-0.2, -0.15) is 0 Å². The fourth-order valence-electron chi connectivity index (χ4n) is 10.4. The molecule has 0 radical (unpaired) electrons. The first-order valence-electron chi connectivity index (χ1n) is 29.8. The molecule has 0 bridgehead atoms. The quantitative estimate of drug-likeness (QED) is 0.0355. The van der Waals surface area contributed by atoms with Crippen LogP contribution in [0.25, 0.3) is 11.5 Å². The van der Waals surface area contributed by atoms with Gasteiger partial charge in [0.15, 0.2) is 11.6 Å². The summed E-state index contributed by atoms with van der Waals surface area (Å²) in [6, 6.07) is 22.7. The molecular formula is C65H81F2N11O10. The molecule has 23 heteroatoms. The van der Waals surface area contributed by atoms with Crippen molar-refractivity contribution in [3.63, 3.8) is 0 Å². The maximum Gasteiger partial charge on any atom is 0.410 e. The molecule has 1 unspecified atom stereocenters. The summed E-state index contributed by atoms with van der Waals surface area (Å²) in [4.78, 5) is 80.6. The van der Waals surface area contributed by atoms with Gasteiger partial charge in [0.25, 0.3) is 5.91 Å². The molecule has 1 aliphatic heterocycles. The average molecular weight is 1210 g/mol. The summed E-state index contributed by atoms with van der Waals surface area (Å²) in [6.07, 6.45) is 5.86. The monoisotopic (exact) mass is 1210 g/mol. The van der Waals surface area contributed by atoms with Crippen molar-refractivity contribution in [1.82, 2.24) is 50.5 Å². The molecule has 3 heterocycles. The molecule has 4 atom stereocenters. The number of likely N-dealkylation sites (N-methyl/N-ethyl adjacent to an activating group) is 1. The van der Waals surface area contributed by atoms with Crippen molar-refractivity contribution in [3.05, 3.63) is 154 Å². The number of carbonyl (C=O) groups excluding carboxylic acids is 5. The van der Waals surface area contributed by atoms with Crippen LogP contribution >= 0.6 is 0 Å². The number of nitrogens with one attached hydrogen (secondary N) is 4. The second-order valence-electron chi connectivity index (χ2n) is 23.9. The molecule has 2 aliphatic rings. The molecule has 88 heavy (non-hydrogen) atoms. The van der Waals surface area contributed by atoms with Crippen molar-refractivity contribution < 1.29 is 56.4 Å². The van der Waals surface area contributed by atoms with Gasteiger partial charge in [-0.05, 0) is 130 Å². The van der Waals surface area contributed by atoms with Crippen molar-refractivity contribution in [2.24, 2.45) is 5.41 Å². The largest absolute Gasteiger partial charge is 0.491 e. The molecular weight excluding hydrogens is 1130 g/mol. The zero-order chi connectivity index (χ0) is 63.0. The van der Waals surface area contributed by atoms with Crippen LogP contribution < -0.4 is 26.0 Å². The first-order chi connectivity index (χ1) is 42.1. The summed E-state index contributed by atoms with van der Waals surface area (Å²) in [5, 5.41) is 21.0. The summed E-state index contributed by atoms with van der Waals surface area (Å²) < 4.78 is 59.4. The van der Waals surface area contributed by atoms with Gasteiger partial charge in [-0.25, -0.2) is 23.5 Å². The highest BCUT2D eigenvalue weighted by molar-refractivity contribution is 5.96. The van der Waals surface area contributed by atoms with Crippen LogP contribution in [-0.4, -0.2) is 141 Å². The average Bonchev–Trinajstić information content (AvgIpc) is 2.42. The van der Waals surface area contributed by atoms with E-state index in [0.717, 1.165) is 48.1 Å². The first kappa shape index (κ1) is 65.6. The lowest BCUT2D eigenvalue weighted by Gasteiger charge is -2.42. The van der Waals surface area contributed by atoms with E-state index in [1.165, 1.54) is 29.9 Å². The highest BCUT2D eigenvalue weighted by Crippen LogP contribution is 2.34. The molecule has 4 N–H and O–H groups in total. The predicted molar refractivity (Wildman–Crippen MR) is 325 cm³/mol. The van der Waals surface area contributed by atoms with E-state index >= 15 is 4.79 Å². The van der Waals surface area contributed by atoms with Crippen LogP contribution in [0.5, 0.6) is 5.75 Å². The Morgan fingerprint density at radius 2 is 1.50 bits per heavy atom. The molecule has 1 aliphatic carbocycles. The minimum absolute atomic E-state index is 0.0841. The van der Waals surface area contributed by atoms with Crippen LogP contribution in [0, 0.1) is 17.0 Å². The van der Waals surface area contributed by atoms with E-state index < -0.39 is 64.6 Å². The highest BCUT2D eigenvalue weighted by atomic mass is 19.1. The van der Waals surface area contributed by atoms with Crippen LogP contribution in [0.15, 0.2) is 104 Å². The van der Waals surface area contributed by atoms with Crippen molar-refractivity contribution >= 4 is 35.4 Å². The SMILES string of the molecule is C[C@@H](C(=O)NC(C(=O)N1Cc2cc(OCCOCCOCCOCCCn3c(CNc4cccc(C(=O)NCc5c(F)cccc5F)c4)nnc3-c3ccncn3)ccc2C[C@H]1C(=O)N[C@@H]1CCCc2ccccc21)C(C)(C)C)N(C)C(=O)OC(C)(C)C. The minimum Gasteiger partial charge on any atom is -0.491 e. The van der Waals surface area contributed by atoms with E-state index in [4.69, 9.17) is 23.7 Å². The third kappa shape index (κ3) is 17.9. The number of aryl methyl sites for hydroxylation is 1. The lowest BCUT2D eigenvalue weighted by Crippen LogP contribution is -2.62. The standard InChI is InChI=1S/C65H81F2N11O10/c1-42(76(8)63(83)88-65(5,6)7)59(79)73-57(64(2,3)4)62(82)78-40-46-36-48(24-23-44(46)37-55(78)61(81)72-53-22-12-16-43-15-9-10-19-49(43)53)87-34-33-86-32-31-85-30-29-84-28-14-27-77-56(74-75-58(77)54-25-26-68-41-71-54)39-69-47-18-11-17-45(35-47)60(80)70-38-50-51(66)20-13-21-52(50)67/h9-11,13,15,17-21,23-26,35-36,41-42,53,55,57,69H,12,14,16,22,27-34,37-40H2,1-8H3,(H,70,80)(H,72,81)(H,73,79)/t42-,53+,55-,57?/m0/s1. The molecule has 4 aromatic carbocycles. The van der Waals surface area contributed by atoms with E-state index in [2.05, 4.69) is 47.5 Å².